The predicted octanol–water partition coefficient (Wildman–Crippen LogP) is 5.78. The highest BCUT2D eigenvalue weighted by atomic mass is 79.9. The van der Waals surface area contributed by atoms with E-state index in [-0.39, 0.29) is 5.43 Å². The zero-order valence-electron chi connectivity index (χ0n) is 17.7. The van der Waals surface area contributed by atoms with Crippen molar-refractivity contribution in [1.82, 2.24) is 0 Å². The topological polar surface area (TPSA) is 75.0 Å². The molecular weight excluding hydrogens is 488 g/mol. The Bertz CT molecular complexity index is 1440. The van der Waals surface area contributed by atoms with Gasteiger partial charge >= 0.3 is 5.97 Å². The minimum Gasteiger partial charge on any atom is -0.486 e. The van der Waals surface area contributed by atoms with E-state index in [0.29, 0.717) is 69.0 Å². The summed E-state index contributed by atoms with van der Waals surface area (Å²) in [6.07, 6.45) is 1.99. The van der Waals surface area contributed by atoms with Gasteiger partial charge in [0.05, 0.1) is 16.5 Å². The van der Waals surface area contributed by atoms with Crippen molar-refractivity contribution in [2.75, 3.05) is 13.2 Å². The molecule has 3 aromatic carbocycles. The van der Waals surface area contributed by atoms with Gasteiger partial charge in [-0.3, -0.25) is 4.79 Å². The van der Waals surface area contributed by atoms with Gasteiger partial charge in [0, 0.05) is 10.5 Å². The van der Waals surface area contributed by atoms with Crippen LogP contribution in [0.15, 0.2) is 74.5 Å². The van der Waals surface area contributed by atoms with Gasteiger partial charge in [0.2, 0.25) is 5.43 Å². The van der Waals surface area contributed by atoms with Gasteiger partial charge in [0.25, 0.3) is 0 Å². The van der Waals surface area contributed by atoms with Gasteiger partial charge in [-0.2, -0.15) is 0 Å². The molecular formula is C26H19BrO6. The van der Waals surface area contributed by atoms with Crippen molar-refractivity contribution < 1.29 is 23.4 Å². The molecule has 0 atom stereocenters. The molecule has 0 unspecified atom stereocenters. The lowest BCUT2D eigenvalue weighted by molar-refractivity contribution is 0.0732. The number of aryl methyl sites for hydroxylation is 1. The molecule has 0 bridgehead atoms. The summed E-state index contributed by atoms with van der Waals surface area (Å²) in [5, 5.41) is 0.417. The molecule has 33 heavy (non-hydrogen) atoms. The smallest absolute Gasteiger partial charge is 0.344 e. The van der Waals surface area contributed by atoms with Crippen LogP contribution in [0.25, 0.3) is 22.1 Å². The summed E-state index contributed by atoms with van der Waals surface area (Å²) in [4.78, 5) is 26.0. The first-order valence-corrected chi connectivity index (χ1v) is 11.3. The highest BCUT2D eigenvalue weighted by Crippen LogP contribution is 2.35. The molecule has 7 heteroatoms. The summed E-state index contributed by atoms with van der Waals surface area (Å²) in [5.74, 6) is 1.12. The second-order valence-electron chi connectivity index (χ2n) is 7.52. The number of ether oxygens (including phenoxy) is 3. The number of halogens is 1. The summed E-state index contributed by atoms with van der Waals surface area (Å²) in [5.41, 5.74) is 2.40. The van der Waals surface area contributed by atoms with Gasteiger partial charge < -0.3 is 18.6 Å². The third-order valence-electron chi connectivity index (χ3n) is 5.49. The first-order chi connectivity index (χ1) is 16.0. The summed E-state index contributed by atoms with van der Waals surface area (Å²) in [7, 11) is 0. The fourth-order valence-corrected chi connectivity index (χ4v) is 4.21. The third kappa shape index (κ3) is 4.00. The Morgan fingerprint density at radius 1 is 1.03 bits per heavy atom. The molecule has 166 valence electrons. The van der Waals surface area contributed by atoms with Crippen molar-refractivity contribution in [2.24, 2.45) is 0 Å². The molecule has 1 aliphatic heterocycles. The highest BCUT2D eigenvalue weighted by Gasteiger charge is 2.19. The van der Waals surface area contributed by atoms with Crippen LogP contribution < -0.4 is 19.6 Å². The summed E-state index contributed by atoms with van der Waals surface area (Å²) < 4.78 is 23.3. The fourth-order valence-electron chi connectivity index (χ4n) is 3.76. The molecule has 0 radical (unpaired) electrons. The minimum atomic E-state index is -0.494. The molecule has 0 amide bonds. The molecule has 6 nitrogen and oxygen atoms in total. The zero-order valence-corrected chi connectivity index (χ0v) is 19.3. The fraction of sp³-hybridized carbons (Fsp3) is 0.154. The molecule has 5 rings (SSSR count). The first-order valence-electron chi connectivity index (χ1n) is 10.5. The van der Waals surface area contributed by atoms with Crippen LogP contribution in [0.2, 0.25) is 0 Å². The van der Waals surface area contributed by atoms with E-state index in [9.17, 15) is 9.59 Å². The Labute approximate surface area is 197 Å². The van der Waals surface area contributed by atoms with Crippen LogP contribution in [0, 0.1) is 0 Å². The Balaban J connectivity index is 1.54. The third-order valence-corrected chi connectivity index (χ3v) is 6.18. The lowest BCUT2D eigenvalue weighted by Gasteiger charge is -2.18. The molecule has 0 aliphatic carbocycles. The molecule has 0 spiro atoms. The van der Waals surface area contributed by atoms with Crippen LogP contribution in [0.5, 0.6) is 17.2 Å². The summed E-state index contributed by atoms with van der Waals surface area (Å²) in [6.45, 7) is 2.89. The number of hydrogen-bond donors (Lipinski definition) is 0. The first kappa shape index (κ1) is 21.3. The van der Waals surface area contributed by atoms with E-state index in [1.165, 1.54) is 6.26 Å². The molecule has 1 aliphatic rings. The Kier molecular flexibility index (Phi) is 5.64. The molecule has 4 aromatic rings. The zero-order chi connectivity index (χ0) is 22.9. The number of benzene rings is 3. The summed E-state index contributed by atoms with van der Waals surface area (Å²) in [6, 6.07) is 15.7. The maximum Gasteiger partial charge on any atom is 0.344 e. The van der Waals surface area contributed by atoms with Gasteiger partial charge in [-0.1, -0.05) is 25.1 Å². The lowest BCUT2D eigenvalue weighted by atomic mass is 10.0. The van der Waals surface area contributed by atoms with Crippen LogP contribution in [-0.4, -0.2) is 19.2 Å². The van der Waals surface area contributed by atoms with Crippen LogP contribution in [0.3, 0.4) is 0 Å². The summed E-state index contributed by atoms with van der Waals surface area (Å²) >= 11 is 3.37. The van der Waals surface area contributed by atoms with E-state index < -0.39 is 5.97 Å². The monoisotopic (exact) mass is 506 g/mol. The second-order valence-corrected chi connectivity index (χ2v) is 8.37. The number of esters is 1. The van der Waals surface area contributed by atoms with Crippen LogP contribution in [-0.2, 0) is 6.42 Å². The van der Waals surface area contributed by atoms with Gasteiger partial charge in [-0.15, -0.1) is 0 Å². The second kappa shape index (κ2) is 8.75. The van der Waals surface area contributed by atoms with Gasteiger partial charge in [0.1, 0.15) is 30.8 Å². The van der Waals surface area contributed by atoms with Crippen molar-refractivity contribution in [3.05, 3.63) is 86.7 Å². The van der Waals surface area contributed by atoms with Crippen molar-refractivity contribution in [2.45, 2.75) is 13.3 Å². The molecule has 0 N–H and O–H groups in total. The number of hydrogen-bond acceptors (Lipinski definition) is 6. The molecule has 0 fully saturated rings. The van der Waals surface area contributed by atoms with Gasteiger partial charge in [-0.05, 0) is 63.8 Å². The molecule has 0 saturated heterocycles. The number of carbonyl (C=O) groups is 1. The maximum atomic E-state index is 13.3. The minimum absolute atomic E-state index is 0.175. The quantitative estimate of drug-likeness (QED) is 0.258. The van der Waals surface area contributed by atoms with Gasteiger partial charge in [-0.25, -0.2) is 4.79 Å². The van der Waals surface area contributed by atoms with Crippen molar-refractivity contribution >= 4 is 32.9 Å². The van der Waals surface area contributed by atoms with E-state index in [4.69, 9.17) is 18.6 Å². The van der Waals surface area contributed by atoms with Gasteiger partial charge in [0.15, 0.2) is 11.5 Å². The molecule has 1 aromatic heterocycles. The predicted molar refractivity (Wildman–Crippen MR) is 127 cm³/mol. The average Bonchev–Trinajstić information content (AvgIpc) is 2.84. The van der Waals surface area contributed by atoms with E-state index >= 15 is 0 Å². The Morgan fingerprint density at radius 3 is 2.61 bits per heavy atom. The van der Waals surface area contributed by atoms with E-state index in [0.717, 1.165) is 5.56 Å². The van der Waals surface area contributed by atoms with Crippen molar-refractivity contribution in [1.29, 1.82) is 0 Å². The normalized spacial score (nSPS) is 12.5. The van der Waals surface area contributed by atoms with Crippen LogP contribution in [0.4, 0.5) is 0 Å². The number of rotatable bonds is 4. The Hall–Kier alpha value is -3.58. The highest BCUT2D eigenvalue weighted by molar-refractivity contribution is 9.10. The largest absolute Gasteiger partial charge is 0.486 e. The van der Waals surface area contributed by atoms with Crippen molar-refractivity contribution in [3.8, 4) is 28.4 Å². The maximum absolute atomic E-state index is 13.3. The lowest BCUT2D eigenvalue weighted by Crippen LogP contribution is -2.15. The van der Waals surface area contributed by atoms with Crippen LogP contribution in [0.1, 0.15) is 22.8 Å². The van der Waals surface area contributed by atoms with E-state index in [2.05, 4.69) is 15.9 Å². The molecule has 2 heterocycles. The SMILES string of the molecule is CCc1cc2c(=O)c(-c3ccc4c(c3)OCCO4)coc2cc1OC(=O)c1ccccc1Br. The van der Waals surface area contributed by atoms with Crippen molar-refractivity contribution in [3.63, 3.8) is 0 Å². The molecule has 0 saturated carbocycles. The van der Waals surface area contributed by atoms with E-state index in [1.54, 1.807) is 48.5 Å². The number of carbonyl (C=O) groups excluding carboxylic acids is 1. The average molecular weight is 507 g/mol. The Morgan fingerprint density at radius 2 is 1.82 bits per heavy atom. The standard InChI is InChI=1S/C26H19BrO6/c1-2-15-11-18-23(13-22(15)33-26(29)17-5-3-4-6-20(17)27)32-14-19(25(18)28)16-7-8-21-24(12-16)31-10-9-30-21/h3-8,11-14H,2,9-10H2,1H3. The number of fused-ring (bicyclic) bond motifs is 2. The van der Waals surface area contributed by atoms with Crippen LogP contribution >= 0.6 is 15.9 Å². The van der Waals surface area contributed by atoms with E-state index in [1.807, 2.05) is 13.0 Å².